The third kappa shape index (κ3) is 6.21. The lowest BCUT2D eigenvalue weighted by Crippen LogP contribution is -2.11. The lowest BCUT2D eigenvalue weighted by molar-refractivity contribution is 1.28. The second-order valence-electron chi connectivity index (χ2n) is 15.6. The standard InChI is InChI=1S/C58H37NS2/c1-2-14-45-39(12-1)13-11-20-49(45)48-17-4-3-15-46(48)40-26-32-44(33-27-40)59(43-30-24-38(25-31-43)41-28-34-52-50-18-6-9-22-55(50)60-57(52)36-41)54-21-8-5-16-47(54)42-29-35-53-51-19-7-10-23-56(51)61-58(53)37-42/h1-37H. The molecular formula is C58H37NS2. The minimum absolute atomic E-state index is 1.10. The van der Waals surface area contributed by atoms with Gasteiger partial charge in [-0.2, -0.15) is 0 Å². The van der Waals surface area contributed by atoms with Crippen molar-refractivity contribution in [3.8, 4) is 44.5 Å². The highest BCUT2D eigenvalue weighted by atomic mass is 32.1. The van der Waals surface area contributed by atoms with Crippen LogP contribution in [0.2, 0.25) is 0 Å². The van der Waals surface area contributed by atoms with Crippen LogP contribution in [0, 0.1) is 0 Å². The smallest absolute Gasteiger partial charge is 0.0540 e. The summed E-state index contributed by atoms with van der Waals surface area (Å²) in [5, 5.41) is 7.78. The molecule has 1 nitrogen and oxygen atoms in total. The molecule has 0 saturated heterocycles. The number of anilines is 3. The van der Waals surface area contributed by atoms with Gasteiger partial charge in [0, 0.05) is 57.3 Å². The van der Waals surface area contributed by atoms with Crippen LogP contribution in [0.1, 0.15) is 0 Å². The predicted molar refractivity (Wildman–Crippen MR) is 266 cm³/mol. The average molecular weight is 812 g/mol. The van der Waals surface area contributed by atoms with Crippen molar-refractivity contribution in [1.29, 1.82) is 0 Å². The first-order valence-electron chi connectivity index (χ1n) is 20.7. The Balaban J connectivity index is 0.976. The number of fused-ring (bicyclic) bond motifs is 7. The molecule has 2 aromatic heterocycles. The SMILES string of the molecule is c1ccc(-c2cccc3ccccc23)c(-c2ccc(N(c3ccc(-c4ccc5c(c4)sc4ccccc45)cc3)c3ccccc3-c3ccc4c(c3)sc3ccccc34)cc2)c1. The van der Waals surface area contributed by atoms with Crippen molar-refractivity contribution in [3.63, 3.8) is 0 Å². The third-order valence-corrected chi connectivity index (χ3v) is 14.4. The number of benzene rings is 10. The van der Waals surface area contributed by atoms with Crippen LogP contribution in [0.5, 0.6) is 0 Å². The number of nitrogens with zero attached hydrogens (tertiary/aromatic N) is 1. The Morgan fingerprint density at radius 1 is 0.262 bits per heavy atom. The molecule has 0 radical (unpaired) electrons. The zero-order chi connectivity index (χ0) is 40.3. The monoisotopic (exact) mass is 811 g/mol. The Kier molecular flexibility index (Phi) is 8.62. The second kappa shape index (κ2) is 14.8. The number of thiophene rings is 2. The van der Waals surface area contributed by atoms with E-state index in [4.69, 9.17) is 0 Å². The van der Waals surface area contributed by atoms with Gasteiger partial charge < -0.3 is 4.90 Å². The number of hydrogen-bond donors (Lipinski definition) is 0. The molecule has 3 heteroatoms. The Hall–Kier alpha value is -7.30. The first kappa shape index (κ1) is 35.6. The molecule has 61 heavy (non-hydrogen) atoms. The molecule has 12 rings (SSSR count). The molecule has 0 unspecified atom stereocenters. The van der Waals surface area contributed by atoms with Gasteiger partial charge in [-0.1, -0.05) is 170 Å². The quantitative estimate of drug-likeness (QED) is 0.155. The van der Waals surface area contributed by atoms with E-state index in [1.54, 1.807) is 0 Å². The van der Waals surface area contributed by atoms with Gasteiger partial charge in [-0.3, -0.25) is 0 Å². The normalized spacial score (nSPS) is 11.6. The maximum atomic E-state index is 2.42. The Morgan fingerprint density at radius 3 is 1.41 bits per heavy atom. The summed E-state index contributed by atoms with van der Waals surface area (Å²) in [5.41, 5.74) is 13.0. The van der Waals surface area contributed by atoms with E-state index in [1.807, 2.05) is 22.7 Å². The fourth-order valence-electron chi connectivity index (χ4n) is 9.16. The van der Waals surface area contributed by atoms with Crippen LogP contribution in [-0.2, 0) is 0 Å². The van der Waals surface area contributed by atoms with Crippen molar-refractivity contribution < 1.29 is 0 Å². The summed E-state index contributed by atoms with van der Waals surface area (Å²) in [7, 11) is 0. The van der Waals surface area contributed by atoms with Crippen molar-refractivity contribution >= 4 is 90.9 Å². The molecule has 0 aliphatic carbocycles. The summed E-state index contributed by atoms with van der Waals surface area (Å²) in [6, 6.07) is 82.4. The molecule has 2 heterocycles. The van der Waals surface area contributed by atoms with Gasteiger partial charge in [-0.15, -0.1) is 22.7 Å². The van der Waals surface area contributed by atoms with Gasteiger partial charge in [0.15, 0.2) is 0 Å². The van der Waals surface area contributed by atoms with Gasteiger partial charge in [0.1, 0.15) is 0 Å². The van der Waals surface area contributed by atoms with Crippen molar-refractivity contribution in [2.24, 2.45) is 0 Å². The highest BCUT2D eigenvalue weighted by molar-refractivity contribution is 7.26. The number of hydrogen-bond acceptors (Lipinski definition) is 3. The molecule has 0 spiro atoms. The molecule has 0 bridgehead atoms. The summed E-state index contributed by atoms with van der Waals surface area (Å²) >= 11 is 3.73. The summed E-state index contributed by atoms with van der Waals surface area (Å²) in [6.07, 6.45) is 0. The lowest BCUT2D eigenvalue weighted by Gasteiger charge is -2.28. The van der Waals surface area contributed by atoms with Crippen LogP contribution in [-0.4, -0.2) is 0 Å². The maximum absolute atomic E-state index is 2.42. The summed E-state index contributed by atoms with van der Waals surface area (Å²) in [5.74, 6) is 0. The fourth-order valence-corrected chi connectivity index (χ4v) is 11.5. The van der Waals surface area contributed by atoms with Crippen LogP contribution < -0.4 is 4.90 Å². The summed E-state index contributed by atoms with van der Waals surface area (Å²) < 4.78 is 5.26. The average Bonchev–Trinajstić information content (AvgIpc) is 3.90. The Labute approximate surface area is 362 Å². The molecule has 0 amide bonds. The maximum Gasteiger partial charge on any atom is 0.0540 e. The van der Waals surface area contributed by atoms with E-state index in [0.717, 1.165) is 17.1 Å². The minimum atomic E-state index is 1.10. The summed E-state index contributed by atoms with van der Waals surface area (Å²) in [4.78, 5) is 2.42. The van der Waals surface area contributed by atoms with Crippen LogP contribution in [0.3, 0.4) is 0 Å². The van der Waals surface area contributed by atoms with Crippen LogP contribution in [0.25, 0.3) is 95.6 Å². The highest BCUT2D eigenvalue weighted by Crippen LogP contribution is 2.45. The van der Waals surface area contributed by atoms with Crippen molar-refractivity contribution in [2.75, 3.05) is 4.90 Å². The lowest BCUT2D eigenvalue weighted by atomic mass is 9.91. The van der Waals surface area contributed by atoms with E-state index in [0.29, 0.717) is 0 Å². The van der Waals surface area contributed by atoms with Gasteiger partial charge in [0.2, 0.25) is 0 Å². The molecular weight excluding hydrogens is 775 g/mol. The van der Waals surface area contributed by atoms with E-state index in [-0.39, 0.29) is 0 Å². The molecule has 0 saturated carbocycles. The minimum Gasteiger partial charge on any atom is -0.310 e. The second-order valence-corrected chi connectivity index (χ2v) is 17.8. The Morgan fingerprint density at radius 2 is 0.721 bits per heavy atom. The van der Waals surface area contributed by atoms with E-state index in [1.165, 1.54) is 95.6 Å². The zero-order valence-corrected chi connectivity index (χ0v) is 34.8. The largest absolute Gasteiger partial charge is 0.310 e. The van der Waals surface area contributed by atoms with Gasteiger partial charge in [-0.05, 0) is 104 Å². The van der Waals surface area contributed by atoms with Crippen molar-refractivity contribution in [3.05, 3.63) is 224 Å². The molecule has 0 aliphatic heterocycles. The van der Waals surface area contributed by atoms with E-state index in [9.17, 15) is 0 Å². The first-order valence-corrected chi connectivity index (χ1v) is 22.4. The van der Waals surface area contributed by atoms with E-state index < -0.39 is 0 Å². The van der Waals surface area contributed by atoms with Crippen LogP contribution in [0.4, 0.5) is 17.1 Å². The number of para-hydroxylation sites is 1. The van der Waals surface area contributed by atoms with Gasteiger partial charge in [0.05, 0.1) is 5.69 Å². The zero-order valence-electron chi connectivity index (χ0n) is 33.1. The summed E-state index contributed by atoms with van der Waals surface area (Å²) in [6.45, 7) is 0. The van der Waals surface area contributed by atoms with Crippen LogP contribution in [0.15, 0.2) is 224 Å². The molecule has 0 N–H and O–H groups in total. The van der Waals surface area contributed by atoms with Gasteiger partial charge in [-0.25, -0.2) is 0 Å². The molecule has 0 atom stereocenters. The Bertz CT molecular complexity index is 3590. The molecule has 0 aliphatic rings. The molecule has 286 valence electrons. The molecule has 0 fully saturated rings. The van der Waals surface area contributed by atoms with Crippen LogP contribution >= 0.6 is 22.7 Å². The molecule has 10 aromatic carbocycles. The van der Waals surface area contributed by atoms with Crippen molar-refractivity contribution in [1.82, 2.24) is 0 Å². The topological polar surface area (TPSA) is 3.24 Å². The highest BCUT2D eigenvalue weighted by Gasteiger charge is 2.19. The van der Waals surface area contributed by atoms with Gasteiger partial charge in [0.25, 0.3) is 0 Å². The van der Waals surface area contributed by atoms with E-state index in [2.05, 4.69) is 229 Å². The van der Waals surface area contributed by atoms with Crippen molar-refractivity contribution in [2.45, 2.75) is 0 Å². The molecule has 12 aromatic rings. The number of rotatable bonds is 7. The van der Waals surface area contributed by atoms with Gasteiger partial charge >= 0.3 is 0 Å². The predicted octanol–water partition coefficient (Wildman–Crippen LogP) is 17.7. The first-order chi connectivity index (χ1) is 30.2. The third-order valence-electron chi connectivity index (χ3n) is 12.1. The van der Waals surface area contributed by atoms with E-state index >= 15 is 0 Å². The fraction of sp³-hybridized carbons (Fsp3) is 0.